The molecule has 7 nitrogen and oxygen atoms in total. The van der Waals surface area contributed by atoms with Gasteiger partial charge in [0.1, 0.15) is 0 Å². The molecule has 0 saturated carbocycles. The number of piperidine rings is 2. The van der Waals surface area contributed by atoms with Crippen LogP contribution in [0.4, 0.5) is 0 Å². The van der Waals surface area contributed by atoms with Crippen LogP contribution in [0.5, 0.6) is 0 Å². The Morgan fingerprint density at radius 2 is 1.88 bits per heavy atom. The number of hydrogen-bond acceptors (Lipinski definition) is 5. The van der Waals surface area contributed by atoms with Gasteiger partial charge in [-0.1, -0.05) is 11.6 Å². The van der Waals surface area contributed by atoms with E-state index in [9.17, 15) is 4.79 Å². The van der Waals surface area contributed by atoms with E-state index in [-0.39, 0.29) is 17.9 Å². The molecule has 0 aliphatic carbocycles. The maximum atomic E-state index is 13.1. The van der Waals surface area contributed by atoms with E-state index in [1.165, 1.54) is 12.4 Å². The first kappa shape index (κ1) is 22.9. The monoisotopic (exact) mass is 472 g/mol. The van der Waals surface area contributed by atoms with Crippen LogP contribution in [-0.4, -0.2) is 70.4 Å². The molecule has 2 fully saturated rings. The van der Waals surface area contributed by atoms with Gasteiger partial charge in [0.25, 0.3) is 0 Å². The Hall–Kier alpha value is -2.29. The van der Waals surface area contributed by atoms with Crippen LogP contribution in [0.1, 0.15) is 31.7 Å². The lowest BCUT2D eigenvalue weighted by atomic mass is 9.93. The van der Waals surface area contributed by atoms with Gasteiger partial charge in [-0.05, 0) is 80.8 Å². The summed E-state index contributed by atoms with van der Waals surface area (Å²) in [5.41, 5.74) is 2.84. The second kappa shape index (κ2) is 10.1. The molecule has 1 amide bonds. The van der Waals surface area contributed by atoms with Crippen molar-refractivity contribution in [3.05, 3.63) is 39.6 Å². The first-order chi connectivity index (χ1) is 15.5. The molecule has 0 radical (unpaired) electrons. The fourth-order valence-electron chi connectivity index (χ4n) is 4.92. The van der Waals surface area contributed by atoms with Crippen molar-refractivity contribution in [2.45, 2.75) is 31.7 Å². The van der Waals surface area contributed by atoms with Crippen molar-refractivity contribution in [1.82, 2.24) is 19.4 Å². The van der Waals surface area contributed by atoms with Crippen LogP contribution in [-0.2, 0) is 4.79 Å². The van der Waals surface area contributed by atoms with E-state index in [0.717, 1.165) is 68.5 Å². The average molecular weight is 473 g/mol. The highest BCUT2D eigenvalue weighted by atomic mass is 35.5. The molecule has 1 aromatic heterocycles. The summed E-state index contributed by atoms with van der Waals surface area (Å²) in [4.78, 5) is 20.7. The minimum absolute atomic E-state index is 0.0790. The lowest BCUT2D eigenvalue weighted by Crippen LogP contribution is -2.46. The van der Waals surface area contributed by atoms with Crippen molar-refractivity contribution in [3.63, 3.8) is 0 Å². The average Bonchev–Trinajstić information content (AvgIpc) is 3.13. The number of benzene rings is 1. The molecule has 2 aliphatic heterocycles. The highest BCUT2D eigenvalue weighted by Gasteiger charge is 2.31. The molecule has 9 heteroatoms. The van der Waals surface area contributed by atoms with Crippen LogP contribution >= 0.6 is 23.8 Å². The van der Waals surface area contributed by atoms with E-state index in [4.69, 9.17) is 34.6 Å². The van der Waals surface area contributed by atoms with Gasteiger partial charge in [0.05, 0.1) is 11.0 Å². The molecule has 4 rings (SSSR count). The molecular weight excluding hydrogens is 444 g/mol. The molecule has 3 N–H and O–H groups in total. The number of fused-ring (bicyclic) bond motifs is 1. The Labute approximate surface area is 198 Å². The van der Waals surface area contributed by atoms with Gasteiger partial charge in [0.2, 0.25) is 5.91 Å². The number of carbonyl (C=O) groups excluding carboxylic acids is 1. The van der Waals surface area contributed by atoms with Gasteiger partial charge >= 0.3 is 0 Å². The number of nitrogens with zero attached hydrogens (tertiary/aromatic N) is 3. The highest BCUT2D eigenvalue weighted by molar-refractivity contribution is 7.71. The van der Waals surface area contributed by atoms with E-state index in [1.54, 1.807) is 6.08 Å². The minimum atomic E-state index is 0.0790. The van der Waals surface area contributed by atoms with Gasteiger partial charge in [-0.25, -0.2) is 0 Å². The SMILES string of the molecule is N=C/C=C(\C=N)CN1CCC(C(=O)N2CCC(n3c(=S)[nH]c4cc(Cl)ccc43)CC2)CC1. The normalized spacial score (nSPS) is 19.4. The lowest BCUT2D eigenvalue weighted by molar-refractivity contribution is -0.138. The Balaban J connectivity index is 1.32. The summed E-state index contributed by atoms with van der Waals surface area (Å²) in [6.45, 7) is 3.88. The van der Waals surface area contributed by atoms with Gasteiger partial charge in [-0.15, -0.1) is 0 Å². The van der Waals surface area contributed by atoms with Crippen LogP contribution in [0.2, 0.25) is 5.02 Å². The number of carbonyl (C=O) groups is 1. The highest BCUT2D eigenvalue weighted by Crippen LogP contribution is 2.30. The van der Waals surface area contributed by atoms with Crippen molar-refractivity contribution >= 4 is 53.2 Å². The summed E-state index contributed by atoms with van der Waals surface area (Å²) in [7, 11) is 0. The molecule has 2 aliphatic rings. The molecule has 0 spiro atoms. The molecule has 3 heterocycles. The minimum Gasteiger partial charge on any atom is -0.342 e. The molecule has 32 heavy (non-hydrogen) atoms. The number of nitrogens with one attached hydrogen (secondary N) is 3. The summed E-state index contributed by atoms with van der Waals surface area (Å²) in [5, 5.41) is 15.3. The maximum Gasteiger partial charge on any atom is 0.225 e. The number of imidazole rings is 1. The van der Waals surface area contributed by atoms with Crippen LogP contribution < -0.4 is 0 Å². The van der Waals surface area contributed by atoms with E-state index >= 15 is 0 Å². The van der Waals surface area contributed by atoms with Gasteiger partial charge < -0.3 is 25.3 Å². The molecule has 0 unspecified atom stereocenters. The standard InChI is InChI=1S/C23H29ClN6OS/c24-18-1-2-21-20(13-18)27-23(32)30(21)19-6-11-29(12-7-19)22(31)17-4-9-28(10-5-17)15-16(14-26)3-8-25/h1-3,8,13-14,17,19,25-26H,4-7,9-12,15H2,(H,27,32)/b16-3+,25-8?,26-14?. The number of hydrogen-bond donors (Lipinski definition) is 3. The molecule has 2 saturated heterocycles. The largest absolute Gasteiger partial charge is 0.342 e. The van der Waals surface area contributed by atoms with E-state index < -0.39 is 0 Å². The number of amides is 1. The topological polar surface area (TPSA) is 92.0 Å². The van der Waals surface area contributed by atoms with E-state index in [0.29, 0.717) is 16.3 Å². The molecule has 2 aromatic rings. The Morgan fingerprint density at radius 3 is 2.53 bits per heavy atom. The summed E-state index contributed by atoms with van der Waals surface area (Å²) < 4.78 is 2.89. The van der Waals surface area contributed by atoms with Crippen LogP contribution in [0.3, 0.4) is 0 Å². The van der Waals surface area contributed by atoms with Crippen molar-refractivity contribution in [2.75, 3.05) is 32.7 Å². The third-order valence-corrected chi connectivity index (χ3v) is 7.18. The predicted octanol–water partition coefficient (Wildman–Crippen LogP) is 4.45. The zero-order chi connectivity index (χ0) is 22.7. The van der Waals surface area contributed by atoms with Crippen LogP contribution in [0.15, 0.2) is 29.8 Å². The summed E-state index contributed by atoms with van der Waals surface area (Å²) in [6, 6.07) is 6.08. The van der Waals surface area contributed by atoms with Crippen molar-refractivity contribution in [1.29, 1.82) is 10.8 Å². The third kappa shape index (κ3) is 4.87. The Kier molecular flexibility index (Phi) is 7.23. The number of H-pyrrole nitrogens is 1. The zero-order valence-corrected chi connectivity index (χ0v) is 19.6. The van der Waals surface area contributed by atoms with E-state index in [2.05, 4.69) is 14.5 Å². The second-order valence-corrected chi connectivity index (χ2v) is 9.44. The Morgan fingerprint density at radius 1 is 1.16 bits per heavy atom. The quantitative estimate of drug-likeness (QED) is 0.428. The van der Waals surface area contributed by atoms with Gasteiger partial charge in [0, 0.05) is 49.0 Å². The molecule has 0 atom stereocenters. The number of allylic oxidation sites excluding steroid dienone is 1. The first-order valence-electron chi connectivity index (χ1n) is 11.1. The Bertz CT molecular complexity index is 1090. The smallest absolute Gasteiger partial charge is 0.225 e. The lowest BCUT2D eigenvalue weighted by Gasteiger charge is -2.37. The summed E-state index contributed by atoms with van der Waals surface area (Å²) >= 11 is 11.7. The fourth-order valence-corrected chi connectivity index (χ4v) is 5.45. The van der Waals surface area contributed by atoms with Gasteiger partial charge in [0.15, 0.2) is 4.77 Å². The zero-order valence-electron chi connectivity index (χ0n) is 18.0. The van der Waals surface area contributed by atoms with E-state index in [1.807, 2.05) is 23.1 Å². The van der Waals surface area contributed by atoms with Crippen molar-refractivity contribution < 1.29 is 4.79 Å². The number of aromatic nitrogens is 2. The van der Waals surface area contributed by atoms with Gasteiger partial charge in [-0.3, -0.25) is 9.69 Å². The molecule has 0 bridgehead atoms. The van der Waals surface area contributed by atoms with Crippen molar-refractivity contribution in [3.8, 4) is 0 Å². The number of halogens is 1. The molecule has 1 aromatic carbocycles. The second-order valence-electron chi connectivity index (χ2n) is 8.62. The third-order valence-electron chi connectivity index (χ3n) is 6.65. The van der Waals surface area contributed by atoms with Crippen LogP contribution in [0.25, 0.3) is 11.0 Å². The molecular formula is C23H29ClN6OS. The summed E-state index contributed by atoms with van der Waals surface area (Å²) in [5.74, 6) is 0.357. The van der Waals surface area contributed by atoms with Gasteiger partial charge in [-0.2, -0.15) is 0 Å². The molecule has 170 valence electrons. The predicted molar refractivity (Wildman–Crippen MR) is 132 cm³/mol. The number of aromatic amines is 1. The summed E-state index contributed by atoms with van der Waals surface area (Å²) in [6.07, 6.45) is 7.67. The number of likely N-dealkylation sites (tertiary alicyclic amines) is 2. The number of rotatable bonds is 6. The maximum absolute atomic E-state index is 13.1. The van der Waals surface area contributed by atoms with Crippen LogP contribution in [0, 0.1) is 21.5 Å². The van der Waals surface area contributed by atoms with Crippen molar-refractivity contribution in [2.24, 2.45) is 5.92 Å². The fraction of sp³-hybridized carbons (Fsp3) is 0.478. The first-order valence-corrected chi connectivity index (χ1v) is 11.9.